The van der Waals surface area contributed by atoms with E-state index in [-0.39, 0.29) is 5.91 Å². The fourth-order valence-electron chi connectivity index (χ4n) is 4.28. The van der Waals surface area contributed by atoms with Gasteiger partial charge < -0.3 is 9.47 Å². The van der Waals surface area contributed by atoms with Gasteiger partial charge in [0.25, 0.3) is 5.91 Å². The van der Waals surface area contributed by atoms with Gasteiger partial charge in [-0.05, 0) is 37.6 Å². The molecule has 1 aliphatic rings. The van der Waals surface area contributed by atoms with Gasteiger partial charge >= 0.3 is 0 Å². The van der Waals surface area contributed by atoms with E-state index in [2.05, 4.69) is 9.88 Å². The molecular weight excluding hydrogens is 474 g/mol. The summed E-state index contributed by atoms with van der Waals surface area (Å²) in [5.74, 6) is 0.501. The molecule has 34 heavy (non-hydrogen) atoms. The topological polar surface area (TPSA) is 72.2 Å². The lowest BCUT2D eigenvalue weighted by molar-refractivity contribution is 0.0376. The molecule has 0 spiro atoms. The number of ether oxygens (including phenoxy) is 2. The van der Waals surface area contributed by atoms with Crippen LogP contribution in [0.5, 0.6) is 5.75 Å². The second-order valence-corrected chi connectivity index (χ2v) is 9.55. The van der Waals surface area contributed by atoms with Gasteiger partial charge in [-0.2, -0.15) is 0 Å². The summed E-state index contributed by atoms with van der Waals surface area (Å²) in [5, 5.41) is 1.19. The molecule has 4 aromatic rings. The van der Waals surface area contributed by atoms with Crippen LogP contribution in [-0.4, -0.2) is 71.7 Å². The summed E-state index contributed by atoms with van der Waals surface area (Å²) in [4.78, 5) is 27.5. The molecule has 5 rings (SSSR count). The van der Waals surface area contributed by atoms with E-state index in [0.29, 0.717) is 39.4 Å². The number of methoxy groups -OCH3 is 1. The van der Waals surface area contributed by atoms with Crippen LogP contribution in [0.2, 0.25) is 5.02 Å². The third kappa shape index (κ3) is 4.36. The van der Waals surface area contributed by atoms with E-state index in [0.717, 1.165) is 49.6 Å². The second kappa shape index (κ2) is 9.87. The number of imidazole rings is 1. The number of pyridine rings is 1. The largest absolute Gasteiger partial charge is 0.494 e. The first-order chi connectivity index (χ1) is 16.6. The number of anilines is 1. The second-order valence-electron chi connectivity index (χ2n) is 8.16. The standard InChI is InChI=1S/C24H26ClN5O3S/c1-16-21(29-10-4-3-6-19(29)26-16)23(31)30(11-5-9-28-12-14-33-15-13-28)24-27-20-18(32-2)8-7-17(25)22(20)34-24/h3-4,6-8,10H,5,9,11-15H2,1-2H3. The van der Waals surface area contributed by atoms with Crippen LogP contribution in [0.1, 0.15) is 22.6 Å². The van der Waals surface area contributed by atoms with Crippen molar-refractivity contribution >= 4 is 49.8 Å². The average molecular weight is 500 g/mol. The minimum absolute atomic E-state index is 0.132. The van der Waals surface area contributed by atoms with Gasteiger partial charge in [0, 0.05) is 32.4 Å². The number of morpholine rings is 1. The molecule has 1 fully saturated rings. The molecule has 8 nitrogen and oxygen atoms in total. The number of carbonyl (C=O) groups excluding carboxylic acids is 1. The first-order valence-electron chi connectivity index (χ1n) is 11.3. The number of nitrogens with zero attached hydrogens (tertiary/aromatic N) is 5. The molecule has 1 aliphatic heterocycles. The number of amides is 1. The smallest absolute Gasteiger partial charge is 0.278 e. The zero-order valence-electron chi connectivity index (χ0n) is 19.2. The van der Waals surface area contributed by atoms with Crippen molar-refractivity contribution in [3.8, 4) is 5.75 Å². The van der Waals surface area contributed by atoms with E-state index < -0.39 is 0 Å². The molecular formula is C24H26ClN5O3S. The van der Waals surface area contributed by atoms with Gasteiger partial charge in [0.2, 0.25) is 0 Å². The molecule has 0 unspecified atom stereocenters. The minimum atomic E-state index is -0.132. The third-order valence-corrected chi connectivity index (χ3v) is 7.55. The number of rotatable bonds is 7. The van der Waals surface area contributed by atoms with Gasteiger partial charge in [-0.25, -0.2) is 9.97 Å². The summed E-state index contributed by atoms with van der Waals surface area (Å²) in [7, 11) is 1.61. The Morgan fingerprint density at radius 2 is 2.06 bits per heavy atom. The highest BCUT2D eigenvalue weighted by Gasteiger charge is 2.27. The monoisotopic (exact) mass is 499 g/mol. The fourth-order valence-corrected chi connectivity index (χ4v) is 5.56. The molecule has 1 amide bonds. The number of aryl methyl sites for hydroxylation is 1. The van der Waals surface area contributed by atoms with E-state index in [1.165, 1.54) is 11.3 Å². The first-order valence-corrected chi connectivity index (χ1v) is 12.4. The number of hydrogen-bond acceptors (Lipinski definition) is 7. The number of fused-ring (bicyclic) bond motifs is 2. The van der Waals surface area contributed by atoms with E-state index in [9.17, 15) is 4.79 Å². The predicted octanol–water partition coefficient (Wildman–Crippen LogP) is 4.28. The van der Waals surface area contributed by atoms with Gasteiger partial charge in [0.15, 0.2) is 5.13 Å². The molecule has 0 bridgehead atoms. The van der Waals surface area contributed by atoms with Crippen LogP contribution >= 0.6 is 22.9 Å². The van der Waals surface area contributed by atoms with E-state index in [1.807, 2.05) is 35.7 Å². The summed E-state index contributed by atoms with van der Waals surface area (Å²) in [6.07, 6.45) is 2.68. The lowest BCUT2D eigenvalue weighted by Crippen LogP contribution is -2.39. The highest BCUT2D eigenvalue weighted by atomic mass is 35.5. The van der Waals surface area contributed by atoms with Gasteiger partial charge in [-0.1, -0.05) is 29.0 Å². The van der Waals surface area contributed by atoms with E-state index >= 15 is 0 Å². The quantitative estimate of drug-likeness (QED) is 0.378. The Bertz CT molecular complexity index is 1330. The number of aromatic nitrogens is 3. The highest BCUT2D eigenvalue weighted by molar-refractivity contribution is 7.23. The average Bonchev–Trinajstić information content (AvgIpc) is 3.44. The normalized spacial score (nSPS) is 14.7. The summed E-state index contributed by atoms with van der Waals surface area (Å²) < 4.78 is 13.6. The number of halogens is 1. The van der Waals surface area contributed by atoms with Crippen molar-refractivity contribution < 1.29 is 14.3 Å². The van der Waals surface area contributed by atoms with Crippen molar-refractivity contribution in [3.63, 3.8) is 0 Å². The summed E-state index contributed by atoms with van der Waals surface area (Å²) in [6, 6.07) is 9.31. The molecule has 0 aliphatic carbocycles. The molecule has 1 saturated heterocycles. The Kier molecular flexibility index (Phi) is 6.69. The molecule has 0 N–H and O–H groups in total. The van der Waals surface area contributed by atoms with Crippen molar-refractivity contribution in [1.29, 1.82) is 0 Å². The summed E-state index contributed by atoms with van der Waals surface area (Å²) >= 11 is 7.87. The van der Waals surface area contributed by atoms with Crippen LogP contribution in [0.15, 0.2) is 36.5 Å². The van der Waals surface area contributed by atoms with Gasteiger partial charge in [0.05, 0.1) is 35.7 Å². The van der Waals surface area contributed by atoms with Crippen LogP contribution in [0.4, 0.5) is 5.13 Å². The molecule has 0 saturated carbocycles. The van der Waals surface area contributed by atoms with Crippen LogP contribution in [-0.2, 0) is 4.74 Å². The Morgan fingerprint density at radius 3 is 2.85 bits per heavy atom. The maximum atomic E-state index is 14.0. The molecule has 3 aromatic heterocycles. The van der Waals surface area contributed by atoms with Gasteiger partial charge in [-0.3, -0.25) is 19.0 Å². The Morgan fingerprint density at radius 1 is 1.24 bits per heavy atom. The molecule has 0 radical (unpaired) electrons. The minimum Gasteiger partial charge on any atom is -0.494 e. The number of thiazole rings is 1. The van der Waals surface area contributed by atoms with Gasteiger partial charge in [-0.15, -0.1) is 0 Å². The van der Waals surface area contributed by atoms with Crippen LogP contribution in [0.3, 0.4) is 0 Å². The van der Waals surface area contributed by atoms with Crippen molar-refractivity contribution in [2.75, 3.05) is 51.4 Å². The van der Waals surface area contributed by atoms with Crippen molar-refractivity contribution in [3.05, 3.63) is 52.9 Å². The number of hydrogen-bond donors (Lipinski definition) is 0. The number of carbonyl (C=O) groups is 1. The fraction of sp³-hybridized carbons (Fsp3) is 0.375. The molecule has 178 valence electrons. The zero-order chi connectivity index (χ0) is 23.7. The lowest BCUT2D eigenvalue weighted by Gasteiger charge is -2.27. The summed E-state index contributed by atoms with van der Waals surface area (Å²) in [6.45, 7) is 6.59. The summed E-state index contributed by atoms with van der Waals surface area (Å²) in [5.41, 5.74) is 2.63. The lowest BCUT2D eigenvalue weighted by atomic mass is 10.2. The molecule has 1 aromatic carbocycles. The SMILES string of the molecule is COc1ccc(Cl)c2sc(N(CCCN3CCOCC3)C(=O)c3c(C)nc4ccccn34)nc12. The third-order valence-electron chi connectivity index (χ3n) is 6.01. The molecule has 10 heteroatoms. The van der Waals surface area contributed by atoms with Crippen molar-refractivity contribution in [2.45, 2.75) is 13.3 Å². The first kappa shape index (κ1) is 23.0. The van der Waals surface area contributed by atoms with Crippen LogP contribution in [0, 0.1) is 6.92 Å². The predicted molar refractivity (Wildman–Crippen MR) is 135 cm³/mol. The van der Waals surface area contributed by atoms with Gasteiger partial charge in [0.1, 0.15) is 22.6 Å². The van der Waals surface area contributed by atoms with Crippen molar-refractivity contribution in [2.24, 2.45) is 0 Å². The maximum absolute atomic E-state index is 14.0. The number of benzene rings is 1. The maximum Gasteiger partial charge on any atom is 0.278 e. The van der Waals surface area contributed by atoms with Crippen LogP contribution in [0.25, 0.3) is 15.9 Å². The molecule has 4 heterocycles. The Labute approximate surface area is 206 Å². The zero-order valence-corrected chi connectivity index (χ0v) is 20.7. The van der Waals surface area contributed by atoms with Crippen molar-refractivity contribution in [1.82, 2.24) is 19.3 Å². The van der Waals surface area contributed by atoms with E-state index in [4.69, 9.17) is 26.1 Å². The van der Waals surface area contributed by atoms with Crippen LogP contribution < -0.4 is 9.64 Å². The Balaban J connectivity index is 1.51. The highest BCUT2D eigenvalue weighted by Crippen LogP contribution is 2.39. The van der Waals surface area contributed by atoms with E-state index in [1.54, 1.807) is 24.1 Å². The molecule has 0 atom stereocenters. The Hall–Kier alpha value is -2.72.